The molecule has 5 aromatic carbocycles. The highest BCUT2D eigenvalue weighted by Crippen LogP contribution is 2.40. The Morgan fingerprint density at radius 2 is 1.01 bits per heavy atom. The number of aromatic nitrogens is 4. The van der Waals surface area contributed by atoms with Gasteiger partial charge >= 0.3 is 23.9 Å². The first-order valence-corrected chi connectivity index (χ1v) is 24.6. The van der Waals surface area contributed by atoms with Crippen molar-refractivity contribution in [3.05, 3.63) is 196 Å². The molecule has 7 aromatic rings. The van der Waals surface area contributed by atoms with Gasteiger partial charge in [0.2, 0.25) is 6.29 Å². The lowest BCUT2D eigenvalue weighted by molar-refractivity contribution is -0.311. The van der Waals surface area contributed by atoms with Gasteiger partial charge in [0.05, 0.1) is 39.6 Å². The van der Waals surface area contributed by atoms with E-state index in [1.54, 1.807) is 0 Å². The molecular weight excluding hydrogens is 965 g/mol. The molecule has 0 amide bonds. The van der Waals surface area contributed by atoms with Crippen LogP contribution in [0.15, 0.2) is 163 Å². The fourth-order valence-corrected chi connectivity index (χ4v) is 9.04. The van der Waals surface area contributed by atoms with Gasteiger partial charge in [-0.2, -0.15) is 4.98 Å². The van der Waals surface area contributed by atoms with Crippen molar-refractivity contribution < 1.29 is 61.8 Å². The van der Waals surface area contributed by atoms with Gasteiger partial charge in [0.1, 0.15) is 43.5 Å². The summed E-state index contributed by atoms with van der Waals surface area (Å²) in [4.78, 5) is 62.1. The molecule has 2 saturated heterocycles. The molecule has 0 unspecified atom stereocenters. The van der Waals surface area contributed by atoms with E-state index in [1.807, 2.05) is 152 Å². The second kappa shape index (κ2) is 25.1. The minimum Gasteiger partial charge on any atom is -0.463 e. The monoisotopic (exact) mass is 1020 g/mol. The third-order valence-corrected chi connectivity index (χ3v) is 12.5. The van der Waals surface area contributed by atoms with E-state index in [2.05, 4.69) is 0 Å². The normalized spacial score (nSPS) is 22.4. The van der Waals surface area contributed by atoms with Crippen molar-refractivity contribution in [3.63, 3.8) is 0 Å². The van der Waals surface area contributed by atoms with Gasteiger partial charge in [0.15, 0.2) is 29.6 Å². The van der Waals surface area contributed by atoms with Crippen LogP contribution < -0.4 is 10.3 Å². The number of carbonyl (C=O) groups is 3. The zero-order valence-corrected chi connectivity index (χ0v) is 41.7. The number of fused-ring (bicyclic) bond motifs is 1. The van der Waals surface area contributed by atoms with Gasteiger partial charge in [-0.15, -0.1) is 0 Å². The van der Waals surface area contributed by atoms with Crippen LogP contribution in [0.5, 0.6) is 6.01 Å². The summed E-state index contributed by atoms with van der Waals surface area (Å²) < 4.78 is 67.5. The first kappa shape index (κ1) is 52.3. The van der Waals surface area contributed by atoms with Crippen LogP contribution in [0.1, 0.15) is 54.8 Å². The molecule has 18 heteroatoms. The Morgan fingerprint density at radius 1 is 0.533 bits per heavy atom. The van der Waals surface area contributed by atoms with Crippen LogP contribution in [0.3, 0.4) is 0 Å². The Bertz CT molecular complexity index is 3020. The SMILES string of the molecule is CC(=O)OC[C@H]1O[C@@H](n2c(O[C@H]3O[C@H](COCc4ccccc4)[C@@H](OCc4ccccc4)[C@H](OCc4ccccc4)[C@@H]3OCc3ccccc3)nc3c(=O)n(Cc4ccccc4)cnc32)[C@H](OC(C)=O)[C@@H]1OC(C)=O. The number of benzene rings is 5. The fraction of sp³-hybridized carbons (Fsp3) is 0.333. The molecule has 9 rings (SSSR count). The van der Waals surface area contributed by atoms with Crippen molar-refractivity contribution in [3.8, 4) is 6.01 Å². The maximum Gasteiger partial charge on any atom is 0.303 e. The highest BCUT2D eigenvalue weighted by molar-refractivity contribution is 5.72. The third-order valence-electron chi connectivity index (χ3n) is 12.5. The predicted molar refractivity (Wildman–Crippen MR) is 269 cm³/mol. The summed E-state index contributed by atoms with van der Waals surface area (Å²) in [6.07, 6.45) is -9.20. The highest BCUT2D eigenvalue weighted by atomic mass is 16.7. The number of rotatable bonds is 22. The zero-order valence-electron chi connectivity index (χ0n) is 41.7. The molecule has 0 spiro atoms. The Balaban J connectivity index is 1.18. The molecule has 2 aromatic heterocycles. The molecule has 0 N–H and O–H groups in total. The molecule has 0 saturated carbocycles. The number of carbonyl (C=O) groups excluding carboxylic acids is 3. The molecule has 0 radical (unpaired) electrons. The molecule has 0 bridgehead atoms. The largest absolute Gasteiger partial charge is 0.463 e. The summed E-state index contributed by atoms with van der Waals surface area (Å²) in [5.74, 6) is -2.13. The summed E-state index contributed by atoms with van der Waals surface area (Å²) in [5, 5.41) is 0. The average Bonchev–Trinajstić information content (AvgIpc) is 3.95. The van der Waals surface area contributed by atoms with Crippen molar-refractivity contribution in [2.75, 3.05) is 13.2 Å². The standard InChI is InChI=1S/C57H58N4O14/c1-37(62)67-35-46-49(71-38(2)63)51(72-39(3)64)55(73-46)61-53-47(54(65)60(36-58-53)29-40-19-9-4-10-20-40)59-57(61)75-56-52(70-33-44-27-17-8-18-28-44)50(69-32-43-25-15-7-16-26-43)48(68-31-42-23-13-6-14-24-42)45(74-56)34-66-30-41-21-11-5-12-22-41/h4-28,36,45-46,48-52,55-56H,29-35H2,1-3H3/t45-,46-,48-,49-,50+,51-,52+,55-,56-/m1/s1. The van der Waals surface area contributed by atoms with Crippen LogP contribution in [0.2, 0.25) is 0 Å². The molecule has 0 aliphatic carbocycles. The van der Waals surface area contributed by atoms with Crippen molar-refractivity contribution in [1.29, 1.82) is 0 Å². The van der Waals surface area contributed by atoms with Gasteiger partial charge in [-0.25, -0.2) is 9.55 Å². The van der Waals surface area contributed by atoms with Crippen LogP contribution in [-0.4, -0.2) is 99.2 Å². The molecule has 18 nitrogen and oxygen atoms in total. The van der Waals surface area contributed by atoms with E-state index in [-0.39, 0.29) is 56.8 Å². The summed E-state index contributed by atoms with van der Waals surface area (Å²) in [6, 6.07) is 47.7. The summed E-state index contributed by atoms with van der Waals surface area (Å²) in [6.45, 7) is 3.95. The van der Waals surface area contributed by atoms with Crippen LogP contribution in [-0.2, 0) is 90.0 Å². The van der Waals surface area contributed by atoms with E-state index < -0.39 is 85.3 Å². The van der Waals surface area contributed by atoms with Gasteiger partial charge in [0, 0.05) is 20.8 Å². The smallest absolute Gasteiger partial charge is 0.303 e. The molecule has 2 aliphatic heterocycles. The minimum atomic E-state index is -1.46. The topological polar surface area (TPSA) is 196 Å². The Labute approximate surface area is 432 Å². The van der Waals surface area contributed by atoms with Crippen molar-refractivity contribution in [2.45, 2.75) is 109 Å². The molecule has 75 heavy (non-hydrogen) atoms. The Kier molecular flexibility index (Phi) is 17.5. The van der Waals surface area contributed by atoms with Crippen LogP contribution in [0.4, 0.5) is 0 Å². The van der Waals surface area contributed by atoms with E-state index in [9.17, 15) is 19.2 Å². The van der Waals surface area contributed by atoms with Crippen molar-refractivity contribution >= 4 is 29.1 Å². The molecular formula is C57H58N4O14. The lowest BCUT2D eigenvalue weighted by Gasteiger charge is -2.45. The predicted octanol–water partition coefficient (Wildman–Crippen LogP) is 7.04. The Hall–Kier alpha value is -7.58. The first-order chi connectivity index (χ1) is 36.6. The molecule has 390 valence electrons. The number of hydrogen-bond donors (Lipinski definition) is 0. The second-order valence-corrected chi connectivity index (χ2v) is 18.1. The van der Waals surface area contributed by atoms with Gasteiger partial charge in [-0.1, -0.05) is 152 Å². The third kappa shape index (κ3) is 13.4. The molecule has 9 atom stereocenters. The van der Waals surface area contributed by atoms with E-state index >= 15 is 0 Å². The van der Waals surface area contributed by atoms with E-state index in [4.69, 9.17) is 57.3 Å². The van der Waals surface area contributed by atoms with Gasteiger partial charge < -0.3 is 47.4 Å². The van der Waals surface area contributed by atoms with Crippen molar-refractivity contribution in [2.24, 2.45) is 0 Å². The van der Waals surface area contributed by atoms with Crippen LogP contribution in [0, 0.1) is 0 Å². The number of ether oxygens (including phenoxy) is 10. The van der Waals surface area contributed by atoms with E-state index in [0.29, 0.717) is 0 Å². The fourth-order valence-electron chi connectivity index (χ4n) is 9.04. The number of hydrogen-bond acceptors (Lipinski definition) is 16. The maximum atomic E-state index is 14.7. The van der Waals surface area contributed by atoms with Gasteiger partial charge in [0.25, 0.3) is 5.56 Å². The summed E-state index contributed by atoms with van der Waals surface area (Å²) in [5.41, 5.74) is 3.63. The van der Waals surface area contributed by atoms with Crippen LogP contribution >= 0.6 is 0 Å². The molecule has 2 fully saturated rings. The second-order valence-electron chi connectivity index (χ2n) is 18.1. The maximum absolute atomic E-state index is 14.7. The Morgan fingerprint density at radius 3 is 1.55 bits per heavy atom. The molecule has 2 aliphatic rings. The van der Waals surface area contributed by atoms with Gasteiger partial charge in [-0.3, -0.25) is 23.7 Å². The first-order valence-electron chi connectivity index (χ1n) is 24.6. The summed E-state index contributed by atoms with van der Waals surface area (Å²) >= 11 is 0. The van der Waals surface area contributed by atoms with E-state index in [1.165, 1.54) is 36.2 Å². The number of nitrogens with zero attached hydrogens (tertiary/aromatic N) is 4. The quantitative estimate of drug-likeness (QED) is 0.0495. The number of esters is 3. The molecule has 4 heterocycles. The van der Waals surface area contributed by atoms with E-state index in [0.717, 1.165) is 27.8 Å². The van der Waals surface area contributed by atoms with Crippen molar-refractivity contribution in [1.82, 2.24) is 19.1 Å². The minimum absolute atomic E-state index is 0.00483. The zero-order chi connectivity index (χ0) is 52.1. The van der Waals surface area contributed by atoms with Gasteiger partial charge in [-0.05, 0) is 27.8 Å². The highest BCUT2D eigenvalue weighted by Gasteiger charge is 2.54. The number of imidazole rings is 1. The van der Waals surface area contributed by atoms with Crippen LogP contribution in [0.25, 0.3) is 11.2 Å². The summed E-state index contributed by atoms with van der Waals surface area (Å²) in [7, 11) is 0. The lowest BCUT2D eigenvalue weighted by Crippen LogP contribution is -2.62. The average molecular weight is 1020 g/mol. The lowest BCUT2D eigenvalue weighted by atomic mass is 9.97.